The van der Waals surface area contributed by atoms with E-state index in [-0.39, 0.29) is 0 Å². The van der Waals surface area contributed by atoms with Crippen LogP contribution < -0.4 is 0 Å². The summed E-state index contributed by atoms with van der Waals surface area (Å²) in [5, 5.41) is 4.38. The lowest BCUT2D eigenvalue weighted by Gasteiger charge is -2.16. The van der Waals surface area contributed by atoms with Crippen molar-refractivity contribution in [2.75, 3.05) is 0 Å². The van der Waals surface area contributed by atoms with Gasteiger partial charge in [-0.25, -0.2) is 0 Å². The number of fused-ring (bicyclic) bond motifs is 2. The zero-order valence-electron chi connectivity index (χ0n) is 17.4. The second-order valence-corrected chi connectivity index (χ2v) is 8.45. The summed E-state index contributed by atoms with van der Waals surface area (Å²) in [6, 6.07) is 42.7. The average Bonchev–Trinajstić information content (AvgIpc) is 3.23. The molecule has 0 bridgehead atoms. The Morgan fingerprint density at radius 2 is 1.22 bits per heavy atom. The third-order valence-corrected chi connectivity index (χ3v) is 6.25. The molecule has 0 aliphatic heterocycles. The summed E-state index contributed by atoms with van der Waals surface area (Å²) in [5.74, 6) is 0. The predicted octanol–water partition coefficient (Wildman–Crippen LogP) is 8.77. The molecule has 1 heterocycles. The molecule has 0 unspecified atom stereocenters. The smallest absolute Gasteiger partial charge is 0.0546 e. The number of nitrogens with zero attached hydrogens (tertiary/aromatic N) is 1. The van der Waals surface area contributed by atoms with Crippen LogP contribution in [0.3, 0.4) is 0 Å². The second-order valence-electron chi connectivity index (χ2n) is 8.02. The van der Waals surface area contributed by atoms with Gasteiger partial charge in [0, 0.05) is 21.4 Å². The average molecular weight is 430 g/mol. The fourth-order valence-corrected chi connectivity index (χ4v) is 4.74. The number of hydrogen-bond donors (Lipinski definition) is 0. The Hall–Kier alpha value is -3.81. The summed E-state index contributed by atoms with van der Waals surface area (Å²) in [6.07, 6.45) is 0. The van der Waals surface area contributed by atoms with Gasteiger partial charge in [-0.1, -0.05) is 96.5 Å². The molecule has 0 amide bonds. The molecule has 32 heavy (non-hydrogen) atoms. The highest BCUT2D eigenvalue weighted by Gasteiger charge is 2.16. The van der Waals surface area contributed by atoms with Crippen LogP contribution >= 0.6 is 11.6 Å². The van der Waals surface area contributed by atoms with Crippen LogP contribution in [0.15, 0.2) is 121 Å². The number of benzene rings is 5. The van der Waals surface area contributed by atoms with Gasteiger partial charge in [0.2, 0.25) is 0 Å². The van der Waals surface area contributed by atoms with E-state index in [4.69, 9.17) is 11.6 Å². The minimum atomic E-state index is 0.738. The molecule has 0 N–H and O–H groups in total. The van der Waals surface area contributed by atoms with Crippen molar-refractivity contribution in [1.29, 1.82) is 0 Å². The number of hydrogen-bond acceptors (Lipinski definition) is 0. The lowest BCUT2D eigenvalue weighted by atomic mass is 9.99. The van der Waals surface area contributed by atoms with E-state index in [1.165, 1.54) is 32.8 Å². The Morgan fingerprint density at radius 1 is 0.500 bits per heavy atom. The molecule has 0 spiro atoms. The molecular weight excluding hydrogens is 410 g/mol. The van der Waals surface area contributed by atoms with Gasteiger partial charge in [0.15, 0.2) is 0 Å². The Kier molecular flexibility index (Phi) is 4.56. The van der Waals surface area contributed by atoms with Crippen LogP contribution in [-0.4, -0.2) is 4.57 Å². The van der Waals surface area contributed by atoms with Crippen LogP contribution in [0.5, 0.6) is 0 Å². The first-order valence-electron chi connectivity index (χ1n) is 10.7. The van der Waals surface area contributed by atoms with E-state index in [0.717, 1.165) is 22.0 Å². The molecule has 0 aliphatic carbocycles. The molecular formula is C30H20ClN. The maximum absolute atomic E-state index is 6.38. The maximum Gasteiger partial charge on any atom is 0.0546 e. The fraction of sp³-hybridized carbons (Fsp3) is 0. The van der Waals surface area contributed by atoms with Crippen LogP contribution in [0.2, 0.25) is 5.02 Å². The van der Waals surface area contributed by atoms with Gasteiger partial charge in [-0.15, -0.1) is 0 Å². The zero-order chi connectivity index (χ0) is 21.5. The van der Waals surface area contributed by atoms with Gasteiger partial charge in [-0.05, 0) is 52.9 Å². The quantitative estimate of drug-likeness (QED) is 0.265. The zero-order valence-corrected chi connectivity index (χ0v) is 18.1. The predicted molar refractivity (Wildman–Crippen MR) is 137 cm³/mol. The molecule has 0 aliphatic rings. The summed E-state index contributed by atoms with van der Waals surface area (Å²) < 4.78 is 2.37. The lowest BCUT2D eigenvalue weighted by Crippen LogP contribution is -1.99. The summed E-state index contributed by atoms with van der Waals surface area (Å²) in [5.41, 5.74) is 6.98. The molecule has 6 rings (SSSR count). The molecule has 2 heteroatoms. The number of halogens is 1. The molecule has 6 aromatic rings. The third kappa shape index (κ3) is 3.19. The van der Waals surface area contributed by atoms with Crippen LogP contribution in [0, 0.1) is 0 Å². The van der Waals surface area contributed by atoms with Crippen molar-refractivity contribution in [3.8, 4) is 28.1 Å². The molecule has 0 saturated carbocycles. The summed E-state index contributed by atoms with van der Waals surface area (Å²) >= 11 is 6.38. The SMILES string of the molecule is Clc1cccc(-c2cc3ccccc3n2-c2cc(-c3ccccc3)cc3ccccc23)c1. The van der Waals surface area contributed by atoms with E-state index in [0.29, 0.717) is 0 Å². The van der Waals surface area contributed by atoms with Gasteiger partial charge >= 0.3 is 0 Å². The van der Waals surface area contributed by atoms with Gasteiger partial charge < -0.3 is 4.57 Å². The van der Waals surface area contributed by atoms with Crippen molar-refractivity contribution in [1.82, 2.24) is 4.57 Å². The fourth-order valence-electron chi connectivity index (χ4n) is 4.55. The van der Waals surface area contributed by atoms with Gasteiger partial charge in [-0.2, -0.15) is 0 Å². The van der Waals surface area contributed by atoms with Crippen LogP contribution in [0.4, 0.5) is 0 Å². The van der Waals surface area contributed by atoms with Crippen molar-refractivity contribution in [2.24, 2.45) is 0 Å². The highest BCUT2D eigenvalue weighted by atomic mass is 35.5. The monoisotopic (exact) mass is 429 g/mol. The van der Waals surface area contributed by atoms with Gasteiger partial charge in [0.05, 0.1) is 16.9 Å². The molecule has 0 fully saturated rings. The Labute approximate surface area is 192 Å². The Bertz CT molecular complexity index is 1580. The van der Waals surface area contributed by atoms with E-state index in [1.807, 2.05) is 18.2 Å². The maximum atomic E-state index is 6.38. The first kappa shape index (κ1) is 18.9. The topological polar surface area (TPSA) is 4.93 Å². The van der Waals surface area contributed by atoms with Crippen molar-refractivity contribution in [3.05, 3.63) is 126 Å². The summed E-state index contributed by atoms with van der Waals surface area (Å²) in [4.78, 5) is 0. The first-order valence-corrected chi connectivity index (χ1v) is 11.1. The third-order valence-electron chi connectivity index (χ3n) is 6.02. The highest BCUT2D eigenvalue weighted by molar-refractivity contribution is 6.30. The molecule has 5 aromatic carbocycles. The minimum Gasteiger partial charge on any atom is -0.309 e. The second kappa shape index (κ2) is 7.71. The van der Waals surface area contributed by atoms with Crippen LogP contribution in [0.25, 0.3) is 49.7 Å². The number of rotatable bonds is 3. The van der Waals surface area contributed by atoms with Crippen molar-refractivity contribution in [3.63, 3.8) is 0 Å². The van der Waals surface area contributed by atoms with E-state index in [2.05, 4.69) is 108 Å². The summed E-state index contributed by atoms with van der Waals surface area (Å²) in [6.45, 7) is 0. The van der Waals surface area contributed by atoms with Crippen molar-refractivity contribution >= 4 is 33.3 Å². The van der Waals surface area contributed by atoms with Crippen LogP contribution in [-0.2, 0) is 0 Å². The largest absolute Gasteiger partial charge is 0.309 e. The van der Waals surface area contributed by atoms with E-state index < -0.39 is 0 Å². The van der Waals surface area contributed by atoms with E-state index in [9.17, 15) is 0 Å². The van der Waals surface area contributed by atoms with Gasteiger partial charge in [-0.3, -0.25) is 0 Å². The molecule has 0 saturated heterocycles. The molecule has 1 nitrogen and oxygen atoms in total. The molecule has 152 valence electrons. The van der Waals surface area contributed by atoms with Crippen molar-refractivity contribution in [2.45, 2.75) is 0 Å². The number of aromatic nitrogens is 1. The minimum absolute atomic E-state index is 0.738. The first-order chi connectivity index (χ1) is 15.8. The van der Waals surface area contributed by atoms with Gasteiger partial charge in [0.1, 0.15) is 0 Å². The number of para-hydroxylation sites is 1. The van der Waals surface area contributed by atoms with Crippen molar-refractivity contribution < 1.29 is 0 Å². The molecule has 0 atom stereocenters. The van der Waals surface area contributed by atoms with E-state index in [1.54, 1.807) is 0 Å². The van der Waals surface area contributed by atoms with Gasteiger partial charge in [0.25, 0.3) is 0 Å². The summed E-state index contributed by atoms with van der Waals surface area (Å²) in [7, 11) is 0. The standard InChI is InChI=1S/C30H20ClN/c31-26-14-8-13-23(18-26)29-19-24-12-5-7-16-28(24)32(29)30-20-25(21-9-2-1-3-10-21)17-22-11-4-6-15-27(22)30/h1-20H. The molecule has 0 radical (unpaired) electrons. The highest BCUT2D eigenvalue weighted by Crippen LogP contribution is 2.37. The van der Waals surface area contributed by atoms with E-state index >= 15 is 0 Å². The Balaban J connectivity index is 1.73. The molecule has 1 aromatic heterocycles. The Morgan fingerprint density at radius 3 is 2.06 bits per heavy atom. The normalized spacial score (nSPS) is 11.3. The van der Waals surface area contributed by atoms with Crippen LogP contribution in [0.1, 0.15) is 0 Å². The lowest BCUT2D eigenvalue weighted by molar-refractivity contribution is 1.15.